The summed E-state index contributed by atoms with van der Waals surface area (Å²) in [5.41, 5.74) is 1.21. The van der Waals surface area contributed by atoms with Crippen LogP contribution in [0.3, 0.4) is 0 Å². The Balaban J connectivity index is 1.45. The Morgan fingerprint density at radius 1 is 1.31 bits per heavy atom. The number of rotatable bonds is 7. The van der Waals surface area contributed by atoms with Gasteiger partial charge in [0.2, 0.25) is 5.91 Å². The highest BCUT2D eigenvalue weighted by molar-refractivity contribution is 7.99. The first-order valence-corrected chi connectivity index (χ1v) is 10.6. The fraction of sp³-hybridized carbons (Fsp3) is 0.300. The average molecular weight is 432 g/mol. The number of hydrogen-bond acceptors (Lipinski definition) is 5. The van der Waals surface area contributed by atoms with Crippen LogP contribution in [-0.2, 0) is 11.3 Å². The summed E-state index contributed by atoms with van der Waals surface area (Å²) in [7, 11) is 1.64. The van der Waals surface area contributed by atoms with Gasteiger partial charge < -0.3 is 4.90 Å². The van der Waals surface area contributed by atoms with E-state index in [0.29, 0.717) is 21.8 Å². The van der Waals surface area contributed by atoms with Crippen molar-refractivity contribution in [3.8, 4) is 11.4 Å². The number of aromatic nitrogens is 4. The van der Waals surface area contributed by atoms with E-state index in [9.17, 15) is 9.18 Å². The molecule has 1 fully saturated rings. The lowest BCUT2D eigenvalue weighted by molar-refractivity contribution is -0.127. The number of pyridine rings is 1. The first-order valence-electron chi connectivity index (χ1n) is 9.19. The van der Waals surface area contributed by atoms with Crippen LogP contribution in [0.2, 0.25) is 5.02 Å². The van der Waals surface area contributed by atoms with Crippen molar-refractivity contribution in [3.63, 3.8) is 0 Å². The van der Waals surface area contributed by atoms with E-state index in [1.165, 1.54) is 22.7 Å². The van der Waals surface area contributed by atoms with Crippen LogP contribution in [0.4, 0.5) is 4.39 Å². The largest absolute Gasteiger partial charge is 0.341 e. The molecule has 2 heterocycles. The molecule has 1 aliphatic carbocycles. The SMILES string of the molecule is CN(Cc1c(F)cccc1Cl)C(=O)CSc1nnc(-c2cccnc2)n1C1CC1. The summed E-state index contributed by atoms with van der Waals surface area (Å²) in [5.74, 6) is 0.393. The second-order valence-corrected chi connectivity index (χ2v) is 8.24. The quantitative estimate of drug-likeness (QED) is 0.524. The maximum absolute atomic E-state index is 14.0. The molecule has 1 aliphatic rings. The van der Waals surface area contributed by atoms with Crippen molar-refractivity contribution in [2.24, 2.45) is 0 Å². The third-order valence-corrected chi connectivity index (χ3v) is 5.99. The van der Waals surface area contributed by atoms with E-state index >= 15 is 0 Å². The molecule has 0 aliphatic heterocycles. The summed E-state index contributed by atoms with van der Waals surface area (Å²) in [6.45, 7) is 0.112. The van der Waals surface area contributed by atoms with Crippen molar-refractivity contribution in [3.05, 3.63) is 59.1 Å². The van der Waals surface area contributed by atoms with E-state index in [1.54, 1.807) is 31.6 Å². The fourth-order valence-corrected chi connectivity index (χ4v) is 4.14. The van der Waals surface area contributed by atoms with Gasteiger partial charge in [-0.3, -0.25) is 14.3 Å². The molecule has 1 saturated carbocycles. The number of benzene rings is 1. The van der Waals surface area contributed by atoms with Gasteiger partial charge in [0.1, 0.15) is 5.82 Å². The van der Waals surface area contributed by atoms with Gasteiger partial charge in [-0.25, -0.2) is 4.39 Å². The Morgan fingerprint density at radius 2 is 2.14 bits per heavy atom. The van der Waals surface area contributed by atoms with E-state index in [4.69, 9.17) is 11.6 Å². The molecule has 9 heteroatoms. The van der Waals surface area contributed by atoms with Gasteiger partial charge in [0, 0.05) is 48.2 Å². The smallest absolute Gasteiger partial charge is 0.233 e. The van der Waals surface area contributed by atoms with Crippen LogP contribution in [0, 0.1) is 5.82 Å². The first kappa shape index (κ1) is 19.8. The number of carbonyl (C=O) groups excluding carboxylic acids is 1. The Hall–Kier alpha value is -2.45. The van der Waals surface area contributed by atoms with Crippen LogP contribution in [0.25, 0.3) is 11.4 Å². The maximum atomic E-state index is 14.0. The van der Waals surface area contributed by atoms with Crippen molar-refractivity contribution < 1.29 is 9.18 Å². The zero-order valence-corrected chi connectivity index (χ0v) is 17.3. The predicted octanol–water partition coefficient (Wildman–Crippen LogP) is 4.22. The summed E-state index contributed by atoms with van der Waals surface area (Å²) in [6.07, 6.45) is 5.61. The Bertz CT molecular complexity index is 1000. The standard InChI is InChI=1S/C20H19ClFN5OS/c1-26(11-15-16(21)5-2-6-17(15)22)18(28)12-29-20-25-24-19(27(20)14-7-8-14)13-4-3-9-23-10-13/h2-6,9-10,14H,7-8,11-12H2,1H3. The zero-order chi connectivity index (χ0) is 20.4. The molecule has 0 unspecified atom stereocenters. The first-order chi connectivity index (χ1) is 14.0. The third kappa shape index (κ3) is 4.43. The van der Waals surface area contributed by atoms with Gasteiger partial charge in [0.25, 0.3) is 0 Å². The molecule has 6 nitrogen and oxygen atoms in total. The number of hydrogen-bond donors (Lipinski definition) is 0. The summed E-state index contributed by atoms with van der Waals surface area (Å²) < 4.78 is 16.1. The second-order valence-electron chi connectivity index (χ2n) is 6.89. The molecular formula is C20H19ClFN5OS. The average Bonchev–Trinajstić information content (AvgIpc) is 3.48. The van der Waals surface area contributed by atoms with Gasteiger partial charge in [-0.2, -0.15) is 0 Å². The summed E-state index contributed by atoms with van der Waals surface area (Å²) >= 11 is 7.40. The van der Waals surface area contributed by atoms with Crippen LogP contribution in [0.15, 0.2) is 47.9 Å². The molecule has 29 heavy (non-hydrogen) atoms. The van der Waals surface area contributed by atoms with Crippen LogP contribution >= 0.6 is 23.4 Å². The number of thioether (sulfide) groups is 1. The molecule has 1 aromatic carbocycles. The van der Waals surface area contributed by atoms with Crippen molar-refractivity contribution in [2.45, 2.75) is 30.6 Å². The zero-order valence-electron chi connectivity index (χ0n) is 15.8. The third-order valence-electron chi connectivity index (χ3n) is 4.70. The van der Waals surface area contributed by atoms with Crippen molar-refractivity contribution in [1.29, 1.82) is 0 Å². The lowest BCUT2D eigenvalue weighted by atomic mass is 10.2. The lowest BCUT2D eigenvalue weighted by Gasteiger charge is -2.18. The number of halogens is 2. The van der Waals surface area contributed by atoms with Gasteiger partial charge in [-0.05, 0) is 37.1 Å². The van der Waals surface area contributed by atoms with Gasteiger partial charge in [-0.1, -0.05) is 29.4 Å². The monoisotopic (exact) mass is 431 g/mol. The maximum Gasteiger partial charge on any atom is 0.233 e. The minimum atomic E-state index is -0.417. The number of amides is 1. The highest BCUT2D eigenvalue weighted by atomic mass is 35.5. The Morgan fingerprint density at radius 3 is 2.83 bits per heavy atom. The summed E-state index contributed by atoms with van der Waals surface area (Å²) in [5, 5.41) is 9.63. The molecule has 3 aromatic rings. The van der Waals surface area contributed by atoms with Gasteiger partial charge in [0.05, 0.1) is 5.75 Å². The Kier molecular flexibility index (Phi) is 5.82. The van der Waals surface area contributed by atoms with Gasteiger partial charge >= 0.3 is 0 Å². The summed E-state index contributed by atoms with van der Waals surface area (Å²) in [6, 6.07) is 8.66. The number of carbonyl (C=O) groups is 1. The van der Waals surface area contributed by atoms with Gasteiger partial charge in [-0.15, -0.1) is 10.2 Å². The second kappa shape index (κ2) is 8.51. The van der Waals surface area contributed by atoms with E-state index in [2.05, 4.69) is 19.7 Å². The molecule has 4 rings (SSSR count). The fourth-order valence-electron chi connectivity index (χ4n) is 2.97. The molecule has 0 saturated heterocycles. The van der Waals surface area contributed by atoms with Crippen molar-refractivity contribution in [1.82, 2.24) is 24.6 Å². The van der Waals surface area contributed by atoms with Crippen LogP contribution in [0.5, 0.6) is 0 Å². The molecule has 2 aromatic heterocycles. The molecule has 0 spiro atoms. The molecule has 1 amide bonds. The highest BCUT2D eigenvalue weighted by Gasteiger charge is 2.30. The highest BCUT2D eigenvalue weighted by Crippen LogP contribution is 2.41. The van der Waals surface area contributed by atoms with Crippen molar-refractivity contribution in [2.75, 3.05) is 12.8 Å². The van der Waals surface area contributed by atoms with Crippen LogP contribution in [-0.4, -0.2) is 43.4 Å². The van der Waals surface area contributed by atoms with Crippen molar-refractivity contribution >= 4 is 29.3 Å². The topological polar surface area (TPSA) is 63.9 Å². The van der Waals surface area contributed by atoms with E-state index in [0.717, 1.165) is 24.2 Å². The number of nitrogens with zero attached hydrogens (tertiary/aromatic N) is 5. The van der Waals surface area contributed by atoms with E-state index < -0.39 is 5.82 Å². The minimum absolute atomic E-state index is 0.112. The normalized spacial score (nSPS) is 13.5. The molecule has 0 bridgehead atoms. The molecule has 0 N–H and O–H groups in total. The van der Waals surface area contributed by atoms with E-state index in [1.807, 2.05) is 12.1 Å². The van der Waals surface area contributed by atoms with Crippen LogP contribution < -0.4 is 0 Å². The predicted molar refractivity (Wildman–Crippen MR) is 110 cm³/mol. The molecule has 0 radical (unpaired) electrons. The summed E-state index contributed by atoms with van der Waals surface area (Å²) in [4.78, 5) is 18.2. The van der Waals surface area contributed by atoms with E-state index in [-0.39, 0.29) is 18.2 Å². The molecular weight excluding hydrogens is 413 g/mol. The molecule has 150 valence electrons. The van der Waals surface area contributed by atoms with Crippen LogP contribution in [0.1, 0.15) is 24.4 Å². The molecule has 0 atom stereocenters. The minimum Gasteiger partial charge on any atom is -0.341 e. The lowest BCUT2D eigenvalue weighted by Crippen LogP contribution is -2.28. The van der Waals surface area contributed by atoms with Gasteiger partial charge in [0.15, 0.2) is 11.0 Å². The Labute approximate surface area is 177 Å².